The highest BCUT2D eigenvalue weighted by Gasteiger charge is 2.32. The van der Waals surface area contributed by atoms with Crippen LogP contribution in [0.4, 0.5) is 0 Å². The van der Waals surface area contributed by atoms with Gasteiger partial charge in [-0.1, -0.05) is 33.6 Å². The van der Waals surface area contributed by atoms with Gasteiger partial charge >= 0.3 is 0 Å². The van der Waals surface area contributed by atoms with Crippen LogP contribution in [-0.2, 0) is 4.74 Å². The number of nitrogens with zero attached hydrogens (tertiary/aromatic N) is 1. The van der Waals surface area contributed by atoms with Crippen LogP contribution in [0.25, 0.3) is 0 Å². The number of hydrogen-bond acceptors (Lipinski definition) is 2. The number of hydrogen-bond donors (Lipinski definition) is 1. The molecule has 0 aliphatic carbocycles. The van der Waals surface area contributed by atoms with E-state index in [1.54, 1.807) is 0 Å². The predicted molar refractivity (Wildman–Crippen MR) is 84.5 cm³/mol. The van der Waals surface area contributed by atoms with Crippen molar-refractivity contribution in [3.63, 3.8) is 0 Å². The van der Waals surface area contributed by atoms with Crippen LogP contribution in [0.5, 0.6) is 0 Å². The van der Waals surface area contributed by atoms with Gasteiger partial charge < -0.3 is 14.6 Å². The number of ether oxygens (including phenoxy) is 1. The summed E-state index contributed by atoms with van der Waals surface area (Å²) in [5, 5.41) is 0. The molecule has 0 bridgehead atoms. The first-order valence-electron chi connectivity index (χ1n) is 8.11. The lowest BCUT2D eigenvalue weighted by Gasteiger charge is -2.40. The van der Waals surface area contributed by atoms with Gasteiger partial charge in [0, 0.05) is 25.0 Å². The Bertz CT molecular complexity index is 467. The topological polar surface area (TPSA) is 45.3 Å². The molecule has 4 nitrogen and oxygen atoms in total. The Hall–Kier alpha value is -1.29. The summed E-state index contributed by atoms with van der Waals surface area (Å²) in [5.41, 5.74) is 1.73. The highest BCUT2D eigenvalue weighted by molar-refractivity contribution is 5.95. The molecule has 1 aliphatic heterocycles. The SMILES string of the molecule is CCCC[C@@H]1CN(C(=O)c2cc[nH]c2C)C[C@H](C(C)C)O1. The largest absolute Gasteiger partial charge is 0.371 e. The van der Waals surface area contributed by atoms with Crippen LogP contribution >= 0.6 is 0 Å². The molecule has 1 aromatic rings. The fourth-order valence-electron chi connectivity index (χ4n) is 2.85. The van der Waals surface area contributed by atoms with E-state index in [9.17, 15) is 4.79 Å². The molecule has 1 saturated heterocycles. The summed E-state index contributed by atoms with van der Waals surface area (Å²) in [4.78, 5) is 17.8. The van der Waals surface area contributed by atoms with Gasteiger partial charge in [0.05, 0.1) is 17.8 Å². The Morgan fingerprint density at radius 3 is 2.81 bits per heavy atom. The first-order valence-corrected chi connectivity index (χ1v) is 8.11. The molecule has 1 aliphatic rings. The van der Waals surface area contributed by atoms with Gasteiger partial charge in [0.15, 0.2) is 0 Å². The molecule has 2 rings (SSSR count). The summed E-state index contributed by atoms with van der Waals surface area (Å²) in [6.07, 6.45) is 5.50. The van der Waals surface area contributed by atoms with Gasteiger partial charge in [-0.2, -0.15) is 0 Å². The van der Waals surface area contributed by atoms with Crippen LogP contribution in [0.15, 0.2) is 12.3 Å². The van der Waals surface area contributed by atoms with Gasteiger partial charge in [0.1, 0.15) is 0 Å². The summed E-state index contributed by atoms with van der Waals surface area (Å²) in [5.74, 6) is 0.557. The van der Waals surface area contributed by atoms with E-state index in [1.165, 1.54) is 0 Å². The normalized spacial score (nSPS) is 22.8. The summed E-state index contributed by atoms with van der Waals surface area (Å²) >= 11 is 0. The molecule has 2 heterocycles. The monoisotopic (exact) mass is 292 g/mol. The Labute approximate surface area is 127 Å². The van der Waals surface area contributed by atoms with Crippen molar-refractivity contribution >= 4 is 5.91 Å². The third kappa shape index (κ3) is 3.88. The molecule has 0 radical (unpaired) electrons. The van der Waals surface area contributed by atoms with Gasteiger partial charge in [0.2, 0.25) is 0 Å². The molecule has 118 valence electrons. The Morgan fingerprint density at radius 2 is 2.24 bits per heavy atom. The second-order valence-electron chi connectivity index (χ2n) is 6.41. The van der Waals surface area contributed by atoms with E-state index in [1.807, 2.05) is 24.1 Å². The first-order chi connectivity index (χ1) is 10.0. The van der Waals surface area contributed by atoms with E-state index in [-0.39, 0.29) is 18.1 Å². The second-order valence-corrected chi connectivity index (χ2v) is 6.41. The lowest BCUT2D eigenvalue weighted by atomic mass is 10.0. The van der Waals surface area contributed by atoms with Crippen molar-refractivity contribution in [2.24, 2.45) is 5.92 Å². The maximum atomic E-state index is 12.7. The molecular formula is C17H28N2O2. The average molecular weight is 292 g/mol. The van der Waals surface area contributed by atoms with Gasteiger partial charge in [-0.05, 0) is 25.3 Å². The average Bonchev–Trinajstić information content (AvgIpc) is 2.90. The first kappa shape index (κ1) is 16.1. The summed E-state index contributed by atoms with van der Waals surface area (Å²) in [7, 11) is 0. The van der Waals surface area contributed by atoms with E-state index in [0.29, 0.717) is 19.0 Å². The van der Waals surface area contributed by atoms with Gasteiger partial charge in [-0.3, -0.25) is 4.79 Å². The van der Waals surface area contributed by atoms with E-state index < -0.39 is 0 Å². The number of aromatic nitrogens is 1. The number of aryl methyl sites for hydroxylation is 1. The summed E-state index contributed by atoms with van der Waals surface area (Å²) in [6.45, 7) is 9.88. The fraction of sp³-hybridized carbons (Fsp3) is 0.706. The van der Waals surface area contributed by atoms with Gasteiger partial charge in [0.25, 0.3) is 5.91 Å². The molecule has 1 amide bonds. The number of amides is 1. The summed E-state index contributed by atoms with van der Waals surface area (Å²) in [6, 6.07) is 1.87. The number of morpholine rings is 1. The number of H-pyrrole nitrogens is 1. The molecule has 21 heavy (non-hydrogen) atoms. The van der Waals surface area contributed by atoms with Crippen LogP contribution in [-0.4, -0.2) is 41.1 Å². The minimum absolute atomic E-state index is 0.129. The number of rotatable bonds is 5. The molecule has 2 atom stereocenters. The molecule has 1 N–H and O–H groups in total. The summed E-state index contributed by atoms with van der Waals surface area (Å²) < 4.78 is 6.18. The highest BCUT2D eigenvalue weighted by atomic mass is 16.5. The molecule has 0 spiro atoms. The van der Waals surface area contributed by atoms with Crippen molar-refractivity contribution in [3.8, 4) is 0 Å². The Kier molecular flexibility index (Phi) is 5.45. The van der Waals surface area contributed by atoms with Crippen molar-refractivity contribution in [2.45, 2.75) is 59.2 Å². The number of carbonyl (C=O) groups excluding carboxylic acids is 1. The standard InChI is InChI=1S/C17H28N2O2/c1-5-6-7-14-10-19(11-16(21-14)12(2)3)17(20)15-8-9-18-13(15)4/h8-9,12,14,16,18H,5-7,10-11H2,1-4H3/t14-,16-/m1/s1. The second kappa shape index (κ2) is 7.12. The van der Waals surface area contributed by atoms with Gasteiger partial charge in [-0.15, -0.1) is 0 Å². The third-order valence-corrected chi connectivity index (χ3v) is 4.29. The lowest BCUT2D eigenvalue weighted by molar-refractivity contribution is -0.0962. The number of unbranched alkanes of at least 4 members (excludes halogenated alkanes) is 1. The molecule has 4 heteroatoms. The minimum Gasteiger partial charge on any atom is -0.371 e. The molecule has 0 saturated carbocycles. The molecular weight excluding hydrogens is 264 g/mol. The zero-order chi connectivity index (χ0) is 15.4. The Balaban J connectivity index is 2.10. The van der Waals surface area contributed by atoms with Crippen molar-refractivity contribution in [2.75, 3.05) is 13.1 Å². The Morgan fingerprint density at radius 1 is 1.48 bits per heavy atom. The van der Waals surface area contributed by atoms with E-state index in [4.69, 9.17) is 4.74 Å². The van der Waals surface area contributed by atoms with E-state index >= 15 is 0 Å². The van der Waals surface area contributed by atoms with Gasteiger partial charge in [-0.25, -0.2) is 0 Å². The van der Waals surface area contributed by atoms with Crippen LogP contribution in [0.3, 0.4) is 0 Å². The molecule has 1 aromatic heterocycles. The third-order valence-electron chi connectivity index (χ3n) is 4.29. The maximum absolute atomic E-state index is 12.7. The minimum atomic E-state index is 0.129. The molecule has 0 unspecified atom stereocenters. The van der Waals surface area contributed by atoms with Crippen molar-refractivity contribution in [3.05, 3.63) is 23.5 Å². The van der Waals surface area contributed by atoms with Crippen molar-refractivity contribution in [1.82, 2.24) is 9.88 Å². The van der Waals surface area contributed by atoms with Crippen LogP contribution in [0.1, 0.15) is 56.1 Å². The zero-order valence-corrected chi connectivity index (χ0v) is 13.7. The maximum Gasteiger partial charge on any atom is 0.255 e. The quantitative estimate of drug-likeness (QED) is 0.904. The van der Waals surface area contributed by atoms with E-state index in [2.05, 4.69) is 25.8 Å². The smallest absolute Gasteiger partial charge is 0.255 e. The fourth-order valence-corrected chi connectivity index (χ4v) is 2.85. The number of nitrogens with one attached hydrogen (secondary N) is 1. The van der Waals surface area contributed by atoms with Crippen molar-refractivity contribution < 1.29 is 9.53 Å². The van der Waals surface area contributed by atoms with Crippen LogP contribution < -0.4 is 0 Å². The molecule has 0 aromatic carbocycles. The van der Waals surface area contributed by atoms with Crippen molar-refractivity contribution in [1.29, 1.82) is 0 Å². The predicted octanol–water partition coefficient (Wildman–Crippen LogP) is 3.38. The van der Waals surface area contributed by atoms with Crippen LogP contribution in [0.2, 0.25) is 0 Å². The molecule has 1 fully saturated rings. The highest BCUT2D eigenvalue weighted by Crippen LogP contribution is 2.23. The number of carbonyl (C=O) groups is 1. The number of aromatic amines is 1. The van der Waals surface area contributed by atoms with E-state index in [0.717, 1.165) is 30.5 Å². The van der Waals surface area contributed by atoms with Crippen LogP contribution in [0, 0.1) is 12.8 Å². The lowest BCUT2D eigenvalue weighted by Crippen LogP contribution is -2.51. The zero-order valence-electron chi connectivity index (χ0n) is 13.7.